The summed E-state index contributed by atoms with van der Waals surface area (Å²) >= 11 is 0.676. The van der Waals surface area contributed by atoms with Gasteiger partial charge in [-0.2, -0.15) is 17.9 Å². The summed E-state index contributed by atoms with van der Waals surface area (Å²) in [6, 6.07) is 11.3. The molecule has 0 radical (unpaired) electrons. The van der Waals surface area contributed by atoms with Crippen LogP contribution in [-0.2, 0) is 27.5 Å². The number of aromatic nitrogens is 1. The summed E-state index contributed by atoms with van der Waals surface area (Å²) in [5, 5.41) is 13.4. The molecule has 1 saturated carbocycles. The fraction of sp³-hybridized carbons (Fsp3) is 0.462. The van der Waals surface area contributed by atoms with Gasteiger partial charge in [0.2, 0.25) is 5.76 Å². The molecular weight excluding hydrogens is 569 g/mol. The van der Waals surface area contributed by atoms with Gasteiger partial charge in [-0.25, -0.2) is 8.42 Å². The van der Waals surface area contributed by atoms with Crippen LogP contribution in [0.1, 0.15) is 43.1 Å². The summed E-state index contributed by atoms with van der Waals surface area (Å²) in [5.74, 6) is -3.16. The maximum absolute atomic E-state index is 13.2. The maximum atomic E-state index is 13.2. The second kappa shape index (κ2) is 10.6. The third-order valence-electron chi connectivity index (χ3n) is 7.44. The molecular formula is C26H29F3N4O5S2. The highest BCUT2D eigenvalue weighted by Gasteiger charge is 2.63. The van der Waals surface area contributed by atoms with Gasteiger partial charge in [-0.1, -0.05) is 29.4 Å². The van der Waals surface area contributed by atoms with E-state index in [1.54, 1.807) is 6.07 Å². The lowest BCUT2D eigenvalue weighted by atomic mass is 10.0. The van der Waals surface area contributed by atoms with Gasteiger partial charge in [-0.05, 0) is 43.5 Å². The van der Waals surface area contributed by atoms with Crippen molar-refractivity contribution in [1.29, 1.82) is 0 Å². The van der Waals surface area contributed by atoms with Crippen molar-refractivity contribution in [2.24, 2.45) is 0 Å². The molecule has 1 aliphatic carbocycles. The Labute approximate surface area is 233 Å². The number of aliphatic carboxylic acids is 1. The predicted molar refractivity (Wildman–Crippen MR) is 141 cm³/mol. The van der Waals surface area contributed by atoms with E-state index in [9.17, 15) is 31.5 Å². The molecule has 1 aromatic carbocycles. The molecule has 0 spiro atoms. The van der Waals surface area contributed by atoms with Crippen LogP contribution in [0, 0.1) is 0 Å². The van der Waals surface area contributed by atoms with Gasteiger partial charge in [0.1, 0.15) is 15.4 Å². The Morgan fingerprint density at radius 2 is 1.93 bits per heavy atom. The molecule has 40 heavy (non-hydrogen) atoms. The van der Waals surface area contributed by atoms with Crippen LogP contribution in [0.15, 0.2) is 51.2 Å². The average molecular weight is 599 g/mol. The Morgan fingerprint density at radius 3 is 2.55 bits per heavy atom. The van der Waals surface area contributed by atoms with Crippen LogP contribution < -0.4 is 4.72 Å². The predicted octanol–water partition coefficient (Wildman–Crippen LogP) is 4.24. The molecule has 3 heterocycles. The van der Waals surface area contributed by atoms with Crippen molar-refractivity contribution in [1.82, 2.24) is 19.7 Å². The van der Waals surface area contributed by atoms with E-state index in [1.807, 2.05) is 18.2 Å². The fourth-order valence-electron chi connectivity index (χ4n) is 5.08. The fourth-order valence-corrected chi connectivity index (χ4v) is 7.74. The minimum absolute atomic E-state index is 0.0779. The number of benzene rings is 1. The van der Waals surface area contributed by atoms with Gasteiger partial charge in [0.05, 0.1) is 4.88 Å². The number of hydrogen-bond donors (Lipinski definition) is 2. The zero-order chi connectivity index (χ0) is 28.9. The van der Waals surface area contributed by atoms with Crippen molar-refractivity contribution in [3.8, 4) is 10.6 Å². The molecule has 0 bridgehead atoms. The Bertz CT molecular complexity index is 1500. The number of sulfonamides is 1. The smallest absolute Gasteiger partial charge is 0.452 e. The standard InChI is InChI=1S/C26H29F3N4O5S2/c1-16(2)33-10-8-32(9-11-33)15-17-4-3-5-18(12-17)19-14-25(19,24(34)35)31-40(36,37)23-7-6-21(39-23)20-13-22(38-30-20)26(27,28)29/h3-7,12-13,16,19,31H,8-11,14-15H2,1-2H3,(H,34,35)/t19-,25-/m0/s1. The van der Waals surface area contributed by atoms with Crippen molar-refractivity contribution in [3.05, 3.63) is 59.4 Å². The molecule has 2 aliphatic rings. The summed E-state index contributed by atoms with van der Waals surface area (Å²) in [4.78, 5) is 17.2. The highest BCUT2D eigenvalue weighted by molar-refractivity contribution is 7.91. The SMILES string of the molecule is CC(C)N1CCN(Cc2cccc([C@@H]3C[C@@]3(NS(=O)(=O)c3ccc(-c4cc(C(F)(F)F)on4)s3)C(=O)O)c2)CC1. The number of nitrogens with one attached hydrogen (secondary N) is 1. The second-order valence-corrected chi connectivity index (χ2v) is 13.5. The Morgan fingerprint density at radius 1 is 1.20 bits per heavy atom. The number of alkyl halides is 3. The van der Waals surface area contributed by atoms with E-state index in [4.69, 9.17) is 0 Å². The zero-order valence-corrected chi connectivity index (χ0v) is 23.4. The number of hydrogen-bond acceptors (Lipinski definition) is 8. The summed E-state index contributed by atoms with van der Waals surface area (Å²) in [6.45, 7) is 8.90. The molecule has 2 aromatic heterocycles. The summed E-state index contributed by atoms with van der Waals surface area (Å²) in [6.07, 6.45) is -4.65. The van der Waals surface area contributed by atoms with Gasteiger partial charge in [0.15, 0.2) is 0 Å². The van der Waals surface area contributed by atoms with E-state index >= 15 is 0 Å². The van der Waals surface area contributed by atoms with Crippen molar-refractivity contribution in [3.63, 3.8) is 0 Å². The summed E-state index contributed by atoms with van der Waals surface area (Å²) in [7, 11) is -4.30. The first kappa shape index (κ1) is 28.7. The maximum Gasteiger partial charge on any atom is 0.452 e. The largest absolute Gasteiger partial charge is 0.480 e. The van der Waals surface area contributed by atoms with Gasteiger partial charge in [-0.3, -0.25) is 14.6 Å². The number of nitrogens with zero attached hydrogens (tertiary/aromatic N) is 3. The van der Waals surface area contributed by atoms with Gasteiger partial charge < -0.3 is 9.63 Å². The molecule has 5 rings (SSSR count). The molecule has 0 amide bonds. The van der Waals surface area contributed by atoms with Crippen LogP contribution in [0.3, 0.4) is 0 Å². The molecule has 9 nitrogen and oxygen atoms in total. The van der Waals surface area contributed by atoms with E-state index in [0.717, 1.165) is 37.3 Å². The second-order valence-electron chi connectivity index (χ2n) is 10.5. The lowest BCUT2D eigenvalue weighted by Gasteiger charge is -2.37. The lowest BCUT2D eigenvalue weighted by Crippen LogP contribution is -2.48. The minimum atomic E-state index is -4.73. The number of halogens is 3. The first-order valence-electron chi connectivity index (χ1n) is 12.8. The normalized spacial score (nSPS) is 22.6. The molecule has 2 atom stereocenters. The molecule has 14 heteroatoms. The van der Waals surface area contributed by atoms with Crippen molar-refractivity contribution < 1.29 is 36.0 Å². The van der Waals surface area contributed by atoms with Gasteiger partial charge in [0.25, 0.3) is 10.0 Å². The molecule has 1 aliphatic heterocycles. The zero-order valence-electron chi connectivity index (χ0n) is 21.8. The lowest BCUT2D eigenvalue weighted by molar-refractivity contribution is -0.155. The van der Waals surface area contributed by atoms with Crippen LogP contribution in [-0.4, -0.2) is 72.2 Å². The van der Waals surface area contributed by atoms with Gasteiger partial charge in [-0.15, -0.1) is 11.3 Å². The molecule has 1 saturated heterocycles. The van der Waals surface area contributed by atoms with Crippen LogP contribution in [0.5, 0.6) is 0 Å². The Hall–Kier alpha value is -2.78. The highest BCUT2D eigenvalue weighted by atomic mass is 32.2. The Kier molecular flexibility index (Phi) is 7.59. The van der Waals surface area contributed by atoms with Crippen molar-refractivity contribution >= 4 is 27.3 Å². The van der Waals surface area contributed by atoms with Crippen LogP contribution in [0.25, 0.3) is 10.6 Å². The average Bonchev–Trinajstić information content (AvgIpc) is 3.24. The molecule has 3 aromatic rings. The van der Waals surface area contributed by atoms with Crippen LogP contribution in [0.2, 0.25) is 0 Å². The van der Waals surface area contributed by atoms with Gasteiger partial charge in [0, 0.05) is 50.7 Å². The first-order valence-corrected chi connectivity index (χ1v) is 15.1. The number of carboxylic acid groups (broad SMARTS) is 1. The molecule has 0 unspecified atom stereocenters. The number of piperazine rings is 1. The van der Waals surface area contributed by atoms with Crippen molar-refractivity contribution in [2.45, 2.75) is 54.7 Å². The number of carboxylic acids is 1. The number of carbonyl (C=O) groups is 1. The van der Waals surface area contributed by atoms with Gasteiger partial charge >= 0.3 is 12.1 Å². The van der Waals surface area contributed by atoms with E-state index in [2.05, 4.69) is 38.0 Å². The first-order chi connectivity index (χ1) is 18.8. The van der Waals surface area contributed by atoms with Crippen LogP contribution in [0.4, 0.5) is 13.2 Å². The third kappa shape index (κ3) is 5.81. The monoisotopic (exact) mass is 598 g/mol. The van der Waals surface area contributed by atoms with Crippen molar-refractivity contribution in [2.75, 3.05) is 26.2 Å². The molecule has 216 valence electrons. The third-order valence-corrected chi connectivity index (χ3v) is 10.6. The van der Waals surface area contributed by atoms with Crippen LogP contribution >= 0.6 is 11.3 Å². The van der Waals surface area contributed by atoms with E-state index in [0.29, 0.717) is 30.0 Å². The van der Waals surface area contributed by atoms with E-state index < -0.39 is 39.4 Å². The number of thiophene rings is 1. The quantitative estimate of drug-likeness (QED) is 0.376. The minimum Gasteiger partial charge on any atom is -0.480 e. The molecule has 2 fully saturated rings. The Balaban J connectivity index is 1.29. The van der Waals surface area contributed by atoms with E-state index in [-0.39, 0.29) is 21.2 Å². The highest BCUT2D eigenvalue weighted by Crippen LogP contribution is 2.53. The summed E-state index contributed by atoms with van der Waals surface area (Å²) < 4.78 is 71.3. The summed E-state index contributed by atoms with van der Waals surface area (Å²) in [5.41, 5.74) is -0.128. The number of rotatable bonds is 9. The van der Waals surface area contributed by atoms with E-state index in [1.165, 1.54) is 12.1 Å². The molecule has 2 N–H and O–H groups in total. The topological polar surface area (TPSA) is 116 Å².